The van der Waals surface area contributed by atoms with Gasteiger partial charge in [-0.1, -0.05) is 19.0 Å². The lowest BCUT2D eigenvalue weighted by Gasteiger charge is -2.18. The van der Waals surface area contributed by atoms with Gasteiger partial charge in [-0.2, -0.15) is 0 Å². The minimum Gasteiger partial charge on any atom is -0.409 e. The van der Waals surface area contributed by atoms with Crippen LogP contribution in [0.15, 0.2) is 22.3 Å². The van der Waals surface area contributed by atoms with Crippen LogP contribution in [0.2, 0.25) is 0 Å². The number of rotatable bonds is 6. The Morgan fingerprint density at radius 2 is 2.32 bits per heavy atom. The van der Waals surface area contributed by atoms with Gasteiger partial charge in [-0.05, 0) is 5.92 Å². The Morgan fingerprint density at radius 1 is 1.63 bits per heavy atom. The summed E-state index contributed by atoms with van der Waals surface area (Å²) in [5, 5.41) is 11.4. The largest absolute Gasteiger partial charge is 0.409 e. The normalized spacial score (nSPS) is 11.9. The molecule has 1 aromatic rings. The summed E-state index contributed by atoms with van der Waals surface area (Å²) in [6.45, 7) is 5.22. The standard InChI is InChI=1S/C12H21N5O2/c1-9(2)8-17-7-5-14-11(12(17)18)16(3)6-4-10(13)15-19/h5,7,9,19H,4,6,8H2,1-3H3,(H2,13,15). The molecule has 0 spiro atoms. The van der Waals surface area contributed by atoms with Crippen LogP contribution in [-0.4, -0.2) is 34.2 Å². The van der Waals surface area contributed by atoms with E-state index < -0.39 is 0 Å². The molecule has 7 nitrogen and oxygen atoms in total. The first-order valence-electron chi connectivity index (χ1n) is 6.18. The van der Waals surface area contributed by atoms with Gasteiger partial charge in [0.15, 0.2) is 5.82 Å². The fraction of sp³-hybridized carbons (Fsp3) is 0.583. The number of hydrogen-bond donors (Lipinski definition) is 2. The molecule has 1 heterocycles. The summed E-state index contributed by atoms with van der Waals surface area (Å²) in [6, 6.07) is 0. The van der Waals surface area contributed by atoms with Crippen molar-refractivity contribution in [2.75, 3.05) is 18.5 Å². The molecule has 0 aromatic carbocycles. The molecule has 0 atom stereocenters. The van der Waals surface area contributed by atoms with Gasteiger partial charge in [0.2, 0.25) is 0 Å². The molecule has 0 aliphatic heterocycles. The highest BCUT2D eigenvalue weighted by Crippen LogP contribution is 2.03. The van der Waals surface area contributed by atoms with Crippen molar-refractivity contribution in [3.8, 4) is 0 Å². The third-order valence-corrected chi connectivity index (χ3v) is 2.65. The molecule has 7 heteroatoms. The van der Waals surface area contributed by atoms with Gasteiger partial charge in [0.05, 0.1) is 0 Å². The van der Waals surface area contributed by atoms with E-state index in [-0.39, 0.29) is 11.4 Å². The van der Waals surface area contributed by atoms with Gasteiger partial charge in [-0.15, -0.1) is 0 Å². The first-order valence-corrected chi connectivity index (χ1v) is 6.18. The topological polar surface area (TPSA) is 96.7 Å². The predicted octanol–water partition coefficient (Wildman–Crippen LogP) is 0.472. The maximum Gasteiger partial charge on any atom is 0.293 e. The second-order valence-electron chi connectivity index (χ2n) is 4.87. The zero-order chi connectivity index (χ0) is 14.4. The van der Waals surface area contributed by atoms with Crippen molar-refractivity contribution in [1.29, 1.82) is 0 Å². The molecule has 3 N–H and O–H groups in total. The summed E-state index contributed by atoms with van der Waals surface area (Å²) in [7, 11) is 1.76. The van der Waals surface area contributed by atoms with Gasteiger partial charge in [0.25, 0.3) is 5.56 Å². The maximum atomic E-state index is 12.2. The van der Waals surface area contributed by atoms with Crippen LogP contribution in [0.25, 0.3) is 0 Å². The van der Waals surface area contributed by atoms with E-state index in [1.54, 1.807) is 28.9 Å². The van der Waals surface area contributed by atoms with Crippen LogP contribution in [0.1, 0.15) is 20.3 Å². The quantitative estimate of drug-likeness (QED) is 0.338. The van der Waals surface area contributed by atoms with Gasteiger partial charge < -0.3 is 20.4 Å². The summed E-state index contributed by atoms with van der Waals surface area (Å²) in [6.07, 6.45) is 3.66. The van der Waals surface area contributed by atoms with Crippen LogP contribution < -0.4 is 16.2 Å². The summed E-state index contributed by atoms with van der Waals surface area (Å²) in [4.78, 5) is 18.0. The molecule has 0 aliphatic carbocycles. The van der Waals surface area contributed by atoms with Gasteiger partial charge in [-0.25, -0.2) is 4.98 Å². The van der Waals surface area contributed by atoms with Gasteiger partial charge in [0.1, 0.15) is 5.84 Å². The fourth-order valence-corrected chi connectivity index (χ4v) is 1.67. The Hall–Kier alpha value is -2.05. The Balaban J connectivity index is 2.86. The lowest BCUT2D eigenvalue weighted by Crippen LogP contribution is -2.33. The predicted molar refractivity (Wildman–Crippen MR) is 74.6 cm³/mol. The van der Waals surface area contributed by atoms with Gasteiger partial charge in [0, 0.05) is 39.0 Å². The highest BCUT2D eigenvalue weighted by molar-refractivity contribution is 5.80. The number of anilines is 1. The smallest absolute Gasteiger partial charge is 0.293 e. The van der Waals surface area contributed by atoms with E-state index in [9.17, 15) is 4.79 Å². The molecule has 1 rings (SSSR count). The number of aromatic nitrogens is 2. The minimum absolute atomic E-state index is 0.127. The summed E-state index contributed by atoms with van der Waals surface area (Å²) >= 11 is 0. The van der Waals surface area contributed by atoms with Crippen LogP contribution in [0.4, 0.5) is 5.82 Å². The Morgan fingerprint density at radius 3 is 2.89 bits per heavy atom. The number of nitrogens with zero attached hydrogens (tertiary/aromatic N) is 4. The second-order valence-corrected chi connectivity index (χ2v) is 4.87. The van der Waals surface area contributed by atoms with Crippen molar-refractivity contribution in [2.24, 2.45) is 16.8 Å². The highest BCUT2D eigenvalue weighted by atomic mass is 16.4. The Kier molecular flexibility index (Phi) is 5.35. The second kappa shape index (κ2) is 6.77. The van der Waals surface area contributed by atoms with Crippen molar-refractivity contribution in [1.82, 2.24) is 9.55 Å². The van der Waals surface area contributed by atoms with Crippen molar-refractivity contribution in [3.63, 3.8) is 0 Å². The average molecular weight is 267 g/mol. The van der Waals surface area contributed by atoms with E-state index in [0.29, 0.717) is 31.2 Å². The lowest BCUT2D eigenvalue weighted by molar-refractivity contribution is 0.317. The zero-order valence-corrected chi connectivity index (χ0v) is 11.6. The minimum atomic E-state index is -0.127. The van der Waals surface area contributed by atoms with Crippen LogP contribution in [0.3, 0.4) is 0 Å². The molecule has 0 unspecified atom stereocenters. The SMILES string of the molecule is CC(C)Cn1ccnc(N(C)CCC(N)=NO)c1=O. The van der Waals surface area contributed by atoms with E-state index in [1.165, 1.54) is 0 Å². The molecular weight excluding hydrogens is 246 g/mol. The summed E-state index contributed by atoms with van der Waals surface area (Å²) in [5.41, 5.74) is 5.28. The number of nitrogens with two attached hydrogens (primary N) is 1. The summed E-state index contributed by atoms with van der Waals surface area (Å²) < 4.78 is 1.65. The highest BCUT2D eigenvalue weighted by Gasteiger charge is 2.11. The molecule has 0 radical (unpaired) electrons. The zero-order valence-electron chi connectivity index (χ0n) is 11.6. The van der Waals surface area contributed by atoms with Crippen LogP contribution in [0, 0.1) is 5.92 Å². The third kappa shape index (κ3) is 4.27. The molecule has 0 aliphatic rings. The third-order valence-electron chi connectivity index (χ3n) is 2.65. The van der Waals surface area contributed by atoms with Crippen molar-refractivity contribution >= 4 is 11.7 Å². The molecule has 106 valence electrons. The van der Waals surface area contributed by atoms with E-state index in [1.807, 2.05) is 0 Å². The van der Waals surface area contributed by atoms with Crippen LogP contribution in [0.5, 0.6) is 0 Å². The molecule has 1 aromatic heterocycles. The average Bonchev–Trinajstić information content (AvgIpc) is 2.37. The fourth-order valence-electron chi connectivity index (χ4n) is 1.67. The molecule has 0 saturated heterocycles. The van der Waals surface area contributed by atoms with Gasteiger partial charge in [-0.3, -0.25) is 4.79 Å². The Labute approximate surface area is 112 Å². The first kappa shape index (κ1) is 15.0. The maximum absolute atomic E-state index is 12.2. The van der Waals surface area contributed by atoms with E-state index >= 15 is 0 Å². The number of oxime groups is 1. The Bertz CT molecular complexity index is 495. The van der Waals surface area contributed by atoms with Crippen molar-refractivity contribution in [3.05, 3.63) is 22.7 Å². The number of amidine groups is 1. The first-order chi connectivity index (χ1) is 8.95. The monoisotopic (exact) mass is 267 g/mol. The lowest BCUT2D eigenvalue weighted by atomic mass is 10.2. The molecule has 19 heavy (non-hydrogen) atoms. The van der Waals surface area contributed by atoms with E-state index in [0.717, 1.165) is 0 Å². The molecule has 0 bridgehead atoms. The molecule has 0 fully saturated rings. The van der Waals surface area contributed by atoms with Crippen LogP contribution >= 0.6 is 0 Å². The van der Waals surface area contributed by atoms with E-state index in [4.69, 9.17) is 10.9 Å². The molecular formula is C12H21N5O2. The molecule has 0 amide bonds. The van der Waals surface area contributed by atoms with E-state index in [2.05, 4.69) is 24.0 Å². The number of hydrogen-bond acceptors (Lipinski definition) is 5. The van der Waals surface area contributed by atoms with Crippen LogP contribution in [-0.2, 0) is 6.54 Å². The van der Waals surface area contributed by atoms with Gasteiger partial charge >= 0.3 is 0 Å². The molecule has 0 saturated carbocycles. The van der Waals surface area contributed by atoms with Crippen molar-refractivity contribution < 1.29 is 5.21 Å². The van der Waals surface area contributed by atoms with Crippen molar-refractivity contribution in [2.45, 2.75) is 26.8 Å². The summed E-state index contributed by atoms with van der Waals surface area (Å²) in [5.74, 6) is 0.884.